The van der Waals surface area contributed by atoms with Crippen LogP contribution in [0.4, 0.5) is 0 Å². The number of nitrogens with zero attached hydrogens (tertiary/aromatic N) is 2. The third kappa shape index (κ3) is 4.51. The van der Waals surface area contributed by atoms with Gasteiger partial charge in [0.2, 0.25) is 5.91 Å². The van der Waals surface area contributed by atoms with Crippen LogP contribution in [0.2, 0.25) is 0 Å². The van der Waals surface area contributed by atoms with Crippen molar-refractivity contribution >= 4 is 11.7 Å². The lowest BCUT2D eigenvalue weighted by atomic mass is 9.99. The van der Waals surface area contributed by atoms with E-state index in [-0.39, 0.29) is 24.5 Å². The van der Waals surface area contributed by atoms with Gasteiger partial charge in [0, 0.05) is 32.0 Å². The number of aryl methyl sites for hydroxylation is 2. The van der Waals surface area contributed by atoms with Crippen LogP contribution < -0.4 is 0 Å². The number of benzene rings is 1. The minimum Gasteiger partial charge on any atom is -0.345 e. The van der Waals surface area contributed by atoms with E-state index in [1.807, 2.05) is 38.1 Å². The van der Waals surface area contributed by atoms with Crippen molar-refractivity contribution in [3.63, 3.8) is 0 Å². The van der Waals surface area contributed by atoms with Gasteiger partial charge in [0.05, 0.1) is 12.5 Å². The minimum atomic E-state index is -0.0982. The molecule has 0 saturated heterocycles. The highest BCUT2D eigenvalue weighted by atomic mass is 16.2. The van der Waals surface area contributed by atoms with Gasteiger partial charge < -0.3 is 4.90 Å². The molecule has 0 aliphatic carbocycles. The van der Waals surface area contributed by atoms with Crippen molar-refractivity contribution in [2.45, 2.75) is 33.1 Å². The second kappa shape index (κ2) is 7.44. The summed E-state index contributed by atoms with van der Waals surface area (Å²) in [4.78, 5) is 25.4. The smallest absolute Gasteiger partial charge is 0.222 e. The molecule has 0 heterocycles. The van der Waals surface area contributed by atoms with Crippen LogP contribution in [0.3, 0.4) is 0 Å². The van der Waals surface area contributed by atoms with Crippen LogP contribution in [-0.4, -0.2) is 30.2 Å². The van der Waals surface area contributed by atoms with Crippen LogP contribution in [0.25, 0.3) is 0 Å². The van der Waals surface area contributed by atoms with Crippen molar-refractivity contribution in [2.75, 3.05) is 13.6 Å². The normalized spacial score (nSPS) is 9.90. The third-order valence-electron chi connectivity index (χ3n) is 3.24. The summed E-state index contributed by atoms with van der Waals surface area (Å²) in [6, 6.07) is 7.74. The molecule has 0 aliphatic heterocycles. The highest BCUT2D eigenvalue weighted by molar-refractivity contribution is 5.99. The van der Waals surface area contributed by atoms with Crippen LogP contribution in [0, 0.1) is 25.2 Å². The molecule has 0 fully saturated rings. The summed E-state index contributed by atoms with van der Waals surface area (Å²) >= 11 is 0. The summed E-state index contributed by atoms with van der Waals surface area (Å²) in [7, 11) is 1.65. The van der Waals surface area contributed by atoms with Gasteiger partial charge in [-0.15, -0.1) is 0 Å². The Bertz CT molecular complexity index is 544. The average Bonchev–Trinajstić information content (AvgIpc) is 2.44. The molecule has 4 nitrogen and oxygen atoms in total. The van der Waals surface area contributed by atoms with Crippen LogP contribution in [-0.2, 0) is 4.79 Å². The number of Topliss-reactive ketones (excluding diaryl/α,β-unsaturated/α-hetero) is 1. The summed E-state index contributed by atoms with van der Waals surface area (Å²) in [5.74, 6) is -0.105. The van der Waals surface area contributed by atoms with Crippen LogP contribution >= 0.6 is 0 Å². The van der Waals surface area contributed by atoms with Crippen molar-refractivity contribution in [2.24, 2.45) is 0 Å². The molecule has 0 bridgehead atoms. The van der Waals surface area contributed by atoms with E-state index in [1.165, 1.54) is 4.90 Å². The van der Waals surface area contributed by atoms with Gasteiger partial charge in [-0.25, -0.2) is 0 Å². The second-order valence-corrected chi connectivity index (χ2v) is 4.96. The van der Waals surface area contributed by atoms with Crippen molar-refractivity contribution in [1.82, 2.24) is 4.90 Å². The van der Waals surface area contributed by atoms with Gasteiger partial charge in [0.15, 0.2) is 5.78 Å². The lowest BCUT2D eigenvalue weighted by Crippen LogP contribution is -2.27. The molecule has 0 spiro atoms. The lowest BCUT2D eigenvalue weighted by molar-refractivity contribution is -0.129. The Morgan fingerprint density at radius 2 is 1.95 bits per heavy atom. The third-order valence-corrected chi connectivity index (χ3v) is 3.24. The van der Waals surface area contributed by atoms with Crippen LogP contribution in [0.1, 0.15) is 40.7 Å². The zero-order valence-electron chi connectivity index (χ0n) is 12.3. The Morgan fingerprint density at radius 1 is 1.25 bits per heavy atom. The first-order valence-corrected chi connectivity index (χ1v) is 6.67. The number of carbonyl (C=O) groups excluding carboxylic acids is 2. The van der Waals surface area contributed by atoms with E-state index in [0.29, 0.717) is 18.5 Å². The fraction of sp³-hybridized carbons (Fsp3) is 0.438. The van der Waals surface area contributed by atoms with Gasteiger partial charge in [-0.1, -0.05) is 17.7 Å². The van der Waals surface area contributed by atoms with Crippen molar-refractivity contribution in [3.05, 3.63) is 34.9 Å². The molecule has 1 aromatic rings. The van der Waals surface area contributed by atoms with Crippen molar-refractivity contribution in [1.29, 1.82) is 5.26 Å². The Morgan fingerprint density at radius 3 is 2.60 bits per heavy atom. The molecular formula is C16H20N2O2. The summed E-state index contributed by atoms with van der Waals surface area (Å²) in [5.41, 5.74) is 2.67. The molecule has 1 amide bonds. The number of rotatable bonds is 6. The molecule has 0 N–H and O–H groups in total. The number of amides is 1. The predicted octanol–water partition coefficient (Wildman–Crippen LogP) is 2.64. The summed E-state index contributed by atoms with van der Waals surface area (Å²) in [6.45, 7) is 4.25. The van der Waals surface area contributed by atoms with Gasteiger partial charge in [0.1, 0.15) is 0 Å². The molecule has 0 unspecified atom stereocenters. The standard InChI is InChI=1S/C16H20N2O2/c1-12-5-6-13(2)14(11-12)15(19)7-8-16(20)18(3)10-4-9-17/h5-6,11H,4,7-8,10H2,1-3H3. The van der Waals surface area contributed by atoms with E-state index in [1.54, 1.807) is 7.05 Å². The number of carbonyl (C=O) groups is 2. The Hall–Kier alpha value is -2.15. The van der Waals surface area contributed by atoms with E-state index in [9.17, 15) is 9.59 Å². The van der Waals surface area contributed by atoms with Gasteiger partial charge in [-0.2, -0.15) is 5.26 Å². The summed E-state index contributed by atoms with van der Waals surface area (Å²) in [5, 5.41) is 8.48. The zero-order valence-corrected chi connectivity index (χ0v) is 12.3. The first kappa shape index (κ1) is 15.9. The first-order valence-electron chi connectivity index (χ1n) is 6.67. The predicted molar refractivity (Wildman–Crippen MR) is 77.3 cm³/mol. The number of hydrogen-bond donors (Lipinski definition) is 0. The lowest BCUT2D eigenvalue weighted by Gasteiger charge is -2.15. The van der Waals surface area contributed by atoms with Crippen molar-refractivity contribution < 1.29 is 9.59 Å². The van der Waals surface area contributed by atoms with Gasteiger partial charge in [-0.05, 0) is 25.5 Å². The van der Waals surface area contributed by atoms with E-state index >= 15 is 0 Å². The van der Waals surface area contributed by atoms with Crippen LogP contribution in [0.15, 0.2) is 18.2 Å². The quantitative estimate of drug-likeness (QED) is 0.748. The summed E-state index contributed by atoms with van der Waals surface area (Å²) < 4.78 is 0. The fourth-order valence-corrected chi connectivity index (χ4v) is 1.92. The molecule has 4 heteroatoms. The molecular weight excluding hydrogens is 252 g/mol. The number of ketones is 1. The highest BCUT2D eigenvalue weighted by Crippen LogP contribution is 2.14. The van der Waals surface area contributed by atoms with E-state index in [4.69, 9.17) is 5.26 Å². The number of hydrogen-bond acceptors (Lipinski definition) is 3. The molecule has 0 atom stereocenters. The maximum atomic E-state index is 12.1. The Labute approximate surface area is 120 Å². The molecule has 0 aliphatic rings. The molecule has 106 valence electrons. The maximum absolute atomic E-state index is 12.1. The highest BCUT2D eigenvalue weighted by Gasteiger charge is 2.14. The summed E-state index contributed by atoms with van der Waals surface area (Å²) in [6.07, 6.45) is 0.710. The second-order valence-electron chi connectivity index (χ2n) is 4.96. The van der Waals surface area contributed by atoms with Crippen LogP contribution in [0.5, 0.6) is 0 Å². The molecule has 1 aromatic carbocycles. The SMILES string of the molecule is Cc1ccc(C)c(C(=O)CCC(=O)N(C)CCC#N)c1. The molecule has 20 heavy (non-hydrogen) atoms. The van der Waals surface area contributed by atoms with Gasteiger partial charge in [0.25, 0.3) is 0 Å². The first-order chi connectivity index (χ1) is 9.45. The zero-order chi connectivity index (χ0) is 15.1. The molecule has 1 rings (SSSR count). The minimum absolute atomic E-state index is 0.00627. The Balaban J connectivity index is 2.57. The number of nitriles is 1. The van der Waals surface area contributed by atoms with E-state index < -0.39 is 0 Å². The van der Waals surface area contributed by atoms with Crippen molar-refractivity contribution in [3.8, 4) is 6.07 Å². The van der Waals surface area contributed by atoms with Gasteiger partial charge >= 0.3 is 0 Å². The van der Waals surface area contributed by atoms with Gasteiger partial charge in [-0.3, -0.25) is 9.59 Å². The topological polar surface area (TPSA) is 61.2 Å². The largest absolute Gasteiger partial charge is 0.345 e. The molecule has 0 saturated carbocycles. The molecule has 0 radical (unpaired) electrons. The average molecular weight is 272 g/mol. The van der Waals surface area contributed by atoms with E-state index in [2.05, 4.69) is 0 Å². The molecule has 0 aromatic heterocycles. The maximum Gasteiger partial charge on any atom is 0.222 e. The monoisotopic (exact) mass is 272 g/mol. The fourth-order valence-electron chi connectivity index (χ4n) is 1.92. The van der Waals surface area contributed by atoms with E-state index in [0.717, 1.165) is 11.1 Å². The Kier molecular flexibility index (Phi) is 5.92.